The molecular weight excluding hydrogens is 463 g/mol. The van der Waals surface area contributed by atoms with Crippen LogP contribution in [0.2, 0.25) is 6.04 Å². The molecule has 0 saturated carbocycles. The molecule has 0 aliphatic carbocycles. The lowest BCUT2D eigenvalue weighted by molar-refractivity contribution is 0.903. The van der Waals surface area contributed by atoms with E-state index in [9.17, 15) is 0 Å². The van der Waals surface area contributed by atoms with Crippen LogP contribution in [0.15, 0.2) is 140 Å². The molecule has 1 aromatic heterocycles. The van der Waals surface area contributed by atoms with E-state index in [-0.39, 0.29) is 9.52 Å². The summed E-state index contributed by atoms with van der Waals surface area (Å²) in [4.78, 5) is 4.76. The molecular formula is C33H31BN2Si. The number of benzene rings is 4. The summed E-state index contributed by atoms with van der Waals surface area (Å²) in [7, 11) is 0.457. The Labute approximate surface area is 223 Å². The normalized spacial score (nSPS) is 11.5. The second-order valence-electron chi connectivity index (χ2n) is 9.15. The van der Waals surface area contributed by atoms with Gasteiger partial charge in [0.2, 0.25) is 7.28 Å². The highest BCUT2D eigenvalue weighted by molar-refractivity contribution is 6.73. The van der Waals surface area contributed by atoms with Crippen molar-refractivity contribution in [1.82, 2.24) is 9.55 Å². The fourth-order valence-electron chi connectivity index (χ4n) is 4.67. The topological polar surface area (TPSA) is 17.8 Å². The molecule has 1 heterocycles. The van der Waals surface area contributed by atoms with E-state index in [0.29, 0.717) is 0 Å². The van der Waals surface area contributed by atoms with Crippen molar-refractivity contribution in [3.8, 4) is 0 Å². The van der Waals surface area contributed by atoms with E-state index in [2.05, 4.69) is 144 Å². The minimum Gasteiger partial charge on any atom is -0.346 e. The van der Waals surface area contributed by atoms with Crippen molar-refractivity contribution in [1.29, 1.82) is 0 Å². The van der Waals surface area contributed by atoms with Gasteiger partial charge < -0.3 is 4.57 Å². The highest BCUT2D eigenvalue weighted by atomic mass is 28.2. The number of hydrogen-bond acceptors (Lipinski definition) is 1. The van der Waals surface area contributed by atoms with Gasteiger partial charge in [-0.1, -0.05) is 139 Å². The number of imidazole rings is 1. The molecule has 5 aromatic rings. The quantitative estimate of drug-likeness (QED) is 0.136. The Morgan fingerprint density at radius 1 is 0.703 bits per heavy atom. The molecule has 0 atom stereocenters. The fraction of sp³-hybridized carbons (Fsp3) is 0.0606. The van der Waals surface area contributed by atoms with Gasteiger partial charge in [0.05, 0.1) is 5.72 Å². The van der Waals surface area contributed by atoms with Crippen molar-refractivity contribution in [3.63, 3.8) is 0 Å². The van der Waals surface area contributed by atoms with Crippen LogP contribution in [0.3, 0.4) is 0 Å². The van der Waals surface area contributed by atoms with Gasteiger partial charge in [0.25, 0.3) is 0 Å². The summed E-state index contributed by atoms with van der Waals surface area (Å²) in [6.45, 7) is 0. The maximum Gasteiger partial charge on any atom is 0.239 e. The summed E-state index contributed by atoms with van der Waals surface area (Å²) < 4.78 is 2.37. The molecule has 0 spiro atoms. The van der Waals surface area contributed by atoms with Gasteiger partial charge in [-0.15, -0.1) is 0 Å². The summed E-state index contributed by atoms with van der Waals surface area (Å²) in [6, 6.07) is 43.8. The molecule has 0 N–H and O–H groups in total. The van der Waals surface area contributed by atoms with Gasteiger partial charge in [-0.2, -0.15) is 0 Å². The van der Waals surface area contributed by atoms with Crippen LogP contribution in [0.1, 0.15) is 22.3 Å². The van der Waals surface area contributed by atoms with Gasteiger partial charge in [0.15, 0.2) is 0 Å². The molecule has 5 rings (SSSR count). The number of nitrogens with zero attached hydrogens (tertiary/aromatic N) is 2. The van der Waals surface area contributed by atoms with E-state index in [1.54, 1.807) is 0 Å². The van der Waals surface area contributed by atoms with E-state index in [4.69, 9.17) is 4.98 Å². The van der Waals surface area contributed by atoms with E-state index < -0.39 is 0 Å². The fourth-order valence-corrected chi connectivity index (χ4v) is 6.09. The summed E-state index contributed by atoms with van der Waals surface area (Å²) in [6.07, 6.45) is 9.91. The number of allylic oxidation sites excluding steroid dienone is 1. The number of hydrogen-bond donors (Lipinski definition) is 0. The van der Waals surface area contributed by atoms with Crippen LogP contribution in [0, 0.1) is 0 Å². The number of rotatable bonds is 10. The monoisotopic (exact) mass is 494 g/mol. The zero-order chi connectivity index (χ0) is 25.1. The second-order valence-corrected chi connectivity index (χ2v) is 10.9. The van der Waals surface area contributed by atoms with Crippen molar-refractivity contribution in [3.05, 3.63) is 162 Å². The zero-order valence-corrected chi connectivity index (χ0v) is 22.5. The molecule has 4 heteroatoms. The SMILES string of the molecule is B(C(=Cc1ccccc1)c1ccccc1)c1nccn1C[SiH2]CC=C(c1ccccc1)c1ccccc1. The molecule has 0 bridgehead atoms. The van der Waals surface area contributed by atoms with Gasteiger partial charge >= 0.3 is 0 Å². The van der Waals surface area contributed by atoms with Crippen molar-refractivity contribution >= 4 is 39.6 Å². The standard InChI is InChI=1S/C33H31BN2Si/c1-5-13-27(14-6-1)25-32(30-19-11-4-12-20-30)34-33-35-22-23-36(33)26-37-24-21-31(28-15-7-2-8-16-28)29-17-9-3-10-18-29/h1-23,25,34H,24,26,37H2. The highest BCUT2D eigenvalue weighted by Gasteiger charge is 2.11. The van der Waals surface area contributed by atoms with Gasteiger partial charge in [-0.3, -0.25) is 4.98 Å². The Morgan fingerprint density at radius 2 is 1.24 bits per heavy atom. The summed E-state index contributed by atoms with van der Waals surface area (Å²) in [5, 5.41) is 0. The molecule has 180 valence electrons. The maximum absolute atomic E-state index is 4.76. The molecule has 37 heavy (non-hydrogen) atoms. The summed E-state index contributed by atoms with van der Waals surface area (Å²) in [5.41, 5.74) is 8.78. The molecule has 0 unspecified atom stereocenters. The van der Waals surface area contributed by atoms with Crippen LogP contribution in [0.25, 0.3) is 17.1 Å². The van der Waals surface area contributed by atoms with Gasteiger partial charge in [0.1, 0.15) is 0 Å². The highest BCUT2D eigenvalue weighted by Crippen LogP contribution is 2.23. The molecule has 0 saturated heterocycles. The van der Waals surface area contributed by atoms with E-state index in [1.807, 2.05) is 6.20 Å². The minimum absolute atomic E-state index is 0.358. The van der Waals surface area contributed by atoms with Crippen LogP contribution in [0.5, 0.6) is 0 Å². The third-order valence-corrected chi connectivity index (χ3v) is 8.05. The molecule has 0 radical (unpaired) electrons. The van der Waals surface area contributed by atoms with Crippen molar-refractivity contribution in [2.24, 2.45) is 0 Å². The lowest BCUT2D eigenvalue weighted by atomic mass is 9.65. The minimum atomic E-state index is -0.358. The smallest absolute Gasteiger partial charge is 0.239 e. The third-order valence-electron chi connectivity index (χ3n) is 6.56. The molecule has 4 aromatic carbocycles. The Kier molecular flexibility index (Phi) is 8.43. The Morgan fingerprint density at radius 3 is 1.84 bits per heavy atom. The predicted octanol–water partition coefficient (Wildman–Crippen LogP) is 5.82. The van der Waals surface area contributed by atoms with Crippen molar-refractivity contribution in [2.45, 2.75) is 12.2 Å². The molecule has 2 nitrogen and oxygen atoms in total. The molecule has 0 amide bonds. The Hall–Kier alpha value is -4.15. The van der Waals surface area contributed by atoms with Crippen LogP contribution >= 0.6 is 0 Å². The summed E-state index contributed by atoms with van der Waals surface area (Å²) in [5.74, 6) is 0. The van der Waals surface area contributed by atoms with Crippen LogP contribution in [-0.2, 0) is 6.17 Å². The lowest BCUT2D eigenvalue weighted by Crippen LogP contribution is -2.29. The van der Waals surface area contributed by atoms with Crippen molar-refractivity contribution < 1.29 is 0 Å². The molecule has 0 aliphatic heterocycles. The lowest BCUT2D eigenvalue weighted by Gasteiger charge is -2.11. The van der Waals surface area contributed by atoms with E-state index >= 15 is 0 Å². The largest absolute Gasteiger partial charge is 0.346 e. The van der Waals surface area contributed by atoms with Gasteiger partial charge in [-0.25, -0.2) is 0 Å². The van der Waals surface area contributed by atoms with Gasteiger partial charge in [0, 0.05) is 28.1 Å². The van der Waals surface area contributed by atoms with Crippen LogP contribution in [0.4, 0.5) is 0 Å². The first-order valence-corrected chi connectivity index (χ1v) is 15.0. The van der Waals surface area contributed by atoms with Crippen molar-refractivity contribution in [2.75, 3.05) is 0 Å². The first-order chi connectivity index (χ1) is 18.4. The second kappa shape index (κ2) is 12.7. The first kappa shape index (κ1) is 24.5. The average Bonchev–Trinajstić information content (AvgIpc) is 3.41. The maximum atomic E-state index is 4.76. The first-order valence-electron chi connectivity index (χ1n) is 13.0. The Bertz CT molecular complexity index is 1400. The van der Waals surface area contributed by atoms with E-state index in [1.165, 1.54) is 33.3 Å². The summed E-state index contributed by atoms with van der Waals surface area (Å²) >= 11 is 0. The molecule has 0 aliphatic rings. The molecule has 0 fully saturated rings. The van der Waals surface area contributed by atoms with Gasteiger partial charge in [-0.05, 0) is 33.9 Å². The average molecular weight is 495 g/mol. The van der Waals surface area contributed by atoms with Crippen LogP contribution < -0.4 is 5.72 Å². The third kappa shape index (κ3) is 6.75. The van der Waals surface area contributed by atoms with E-state index in [0.717, 1.165) is 25.2 Å². The predicted molar refractivity (Wildman–Crippen MR) is 163 cm³/mol. The van der Waals surface area contributed by atoms with Crippen LogP contribution in [-0.4, -0.2) is 26.4 Å². The number of aromatic nitrogens is 2. The Balaban J connectivity index is 1.31. The zero-order valence-electron chi connectivity index (χ0n) is 21.1.